The van der Waals surface area contributed by atoms with Gasteiger partial charge in [0.05, 0.1) is 12.8 Å². The minimum atomic E-state index is -0.462. The van der Waals surface area contributed by atoms with Gasteiger partial charge in [0.25, 0.3) is 5.91 Å². The zero-order valence-corrected chi connectivity index (χ0v) is 17.1. The molecule has 1 aromatic carbocycles. The summed E-state index contributed by atoms with van der Waals surface area (Å²) in [6.07, 6.45) is 3.15. The number of hydrogen-bond acceptors (Lipinski definition) is 5. The first-order chi connectivity index (χ1) is 12.9. The van der Waals surface area contributed by atoms with Gasteiger partial charge in [0.2, 0.25) is 0 Å². The third-order valence-corrected chi connectivity index (χ3v) is 6.24. The van der Waals surface area contributed by atoms with Gasteiger partial charge in [-0.3, -0.25) is 4.79 Å². The number of esters is 1. The average Bonchev–Trinajstić information content (AvgIpc) is 3.05. The van der Waals surface area contributed by atoms with E-state index in [1.54, 1.807) is 12.1 Å². The van der Waals surface area contributed by atoms with E-state index in [2.05, 4.69) is 12.2 Å². The van der Waals surface area contributed by atoms with E-state index >= 15 is 0 Å². The Morgan fingerprint density at radius 1 is 1.33 bits per heavy atom. The molecule has 1 N–H and O–H groups in total. The van der Waals surface area contributed by atoms with Crippen LogP contribution in [0.3, 0.4) is 0 Å². The summed E-state index contributed by atoms with van der Waals surface area (Å²) in [7, 11) is 1.50. The van der Waals surface area contributed by atoms with Crippen LogP contribution >= 0.6 is 22.9 Å². The molecule has 0 spiro atoms. The van der Waals surface area contributed by atoms with Crippen LogP contribution in [0, 0.1) is 12.8 Å². The van der Waals surface area contributed by atoms with Gasteiger partial charge in [-0.15, -0.1) is 11.3 Å². The van der Waals surface area contributed by atoms with E-state index in [1.807, 2.05) is 13.0 Å². The first kappa shape index (κ1) is 19.7. The standard InChI is InChI=1S/C20H22ClNO4S/c1-11-4-5-17-13(6-11)8-18(27-17)20(24)26-10-19(23)22-15-7-12(2)14(21)9-16(15)25-3/h7-9,11H,4-6,10H2,1-3H3,(H,22,23)/t11-/m1/s1. The Labute approximate surface area is 167 Å². The Morgan fingerprint density at radius 3 is 2.85 bits per heavy atom. The number of amides is 1. The number of fused-ring (bicyclic) bond motifs is 1. The van der Waals surface area contributed by atoms with Crippen LogP contribution in [0.15, 0.2) is 18.2 Å². The number of thiophene rings is 1. The number of aryl methyl sites for hydroxylation is 2. The minimum Gasteiger partial charge on any atom is -0.495 e. The summed E-state index contributed by atoms with van der Waals surface area (Å²) < 4.78 is 10.4. The van der Waals surface area contributed by atoms with Crippen molar-refractivity contribution in [1.82, 2.24) is 0 Å². The summed E-state index contributed by atoms with van der Waals surface area (Å²) >= 11 is 7.53. The summed E-state index contributed by atoms with van der Waals surface area (Å²) in [5, 5.41) is 3.24. The molecule has 0 unspecified atom stereocenters. The number of anilines is 1. The van der Waals surface area contributed by atoms with Gasteiger partial charge in [-0.25, -0.2) is 4.79 Å². The van der Waals surface area contributed by atoms with Crippen molar-refractivity contribution in [2.24, 2.45) is 5.92 Å². The number of hydrogen-bond donors (Lipinski definition) is 1. The lowest BCUT2D eigenvalue weighted by atomic mass is 9.90. The first-order valence-corrected chi connectivity index (χ1v) is 9.99. The number of halogens is 1. The fourth-order valence-corrected chi connectivity index (χ4v) is 4.38. The normalized spacial score (nSPS) is 15.8. The predicted octanol–water partition coefficient (Wildman–Crippen LogP) is 4.64. The molecule has 0 saturated heterocycles. The predicted molar refractivity (Wildman–Crippen MR) is 107 cm³/mol. The van der Waals surface area contributed by atoms with Crippen LogP contribution in [-0.2, 0) is 22.4 Å². The number of nitrogens with one attached hydrogen (secondary N) is 1. The second kappa shape index (κ2) is 8.31. The Balaban J connectivity index is 1.60. The zero-order valence-electron chi connectivity index (χ0n) is 15.6. The van der Waals surface area contributed by atoms with Crippen molar-refractivity contribution in [3.05, 3.63) is 44.1 Å². The molecule has 5 nitrogen and oxygen atoms in total. The molecule has 27 heavy (non-hydrogen) atoms. The van der Waals surface area contributed by atoms with Gasteiger partial charge < -0.3 is 14.8 Å². The molecule has 144 valence electrons. The molecule has 0 bridgehead atoms. The number of methoxy groups -OCH3 is 1. The summed E-state index contributed by atoms with van der Waals surface area (Å²) in [6, 6.07) is 5.26. The molecule has 1 atom stereocenters. The second-order valence-electron chi connectivity index (χ2n) is 6.83. The van der Waals surface area contributed by atoms with Crippen LogP contribution < -0.4 is 10.1 Å². The molecule has 0 radical (unpaired) electrons. The van der Waals surface area contributed by atoms with Gasteiger partial charge in [0.15, 0.2) is 6.61 Å². The van der Waals surface area contributed by atoms with Crippen LogP contribution in [0.5, 0.6) is 5.75 Å². The average molecular weight is 408 g/mol. The zero-order chi connectivity index (χ0) is 19.6. The van der Waals surface area contributed by atoms with Gasteiger partial charge in [0, 0.05) is 16.0 Å². The molecule has 3 rings (SSSR count). The Bertz CT molecular complexity index is 877. The molecule has 1 aromatic heterocycles. The molecule has 1 heterocycles. The van der Waals surface area contributed by atoms with Crippen molar-refractivity contribution in [2.45, 2.75) is 33.1 Å². The summed E-state index contributed by atoms with van der Waals surface area (Å²) in [5.41, 5.74) is 2.53. The van der Waals surface area contributed by atoms with Gasteiger partial charge in [-0.1, -0.05) is 18.5 Å². The Kier molecular flexibility index (Phi) is 6.07. The Hall–Kier alpha value is -2.05. The molecule has 2 aromatic rings. The van der Waals surface area contributed by atoms with Crippen LogP contribution in [0.4, 0.5) is 5.69 Å². The molecular weight excluding hydrogens is 386 g/mol. The molecule has 0 saturated carbocycles. The Morgan fingerprint density at radius 2 is 2.11 bits per heavy atom. The van der Waals surface area contributed by atoms with Gasteiger partial charge in [-0.2, -0.15) is 0 Å². The van der Waals surface area contributed by atoms with Crippen molar-refractivity contribution >= 4 is 40.5 Å². The lowest BCUT2D eigenvalue weighted by molar-refractivity contribution is -0.119. The van der Waals surface area contributed by atoms with Crippen LogP contribution in [0.2, 0.25) is 5.02 Å². The highest BCUT2D eigenvalue weighted by Crippen LogP contribution is 2.33. The quantitative estimate of drug-likeness (QED) is 0.733. The minimum absolute atomic E-state index is 0.359. The largest absolute Gasteiger partial charge is 0.495 e. The first-order valence-electron chi connectivity index (χ1n) is 8.80. The second-order valence-corrected chi connectivity index (χ2v) is 8.38. The monoisotopic (exact) mass is 407 g/mol. The smallest absolute Gasteiger partial charge is 0.348 e. The summed E-state index contributed by atoms with van der Waals surface area (Å²) in [5.74, 6) is 0.194. The lowest BCUT2D eigenvalue weighted by Gasteiger charge is -2.16. The van der Waals surface area contributed by atoms with Crippen LogP contribution in [0.25, 0.3) is 0 Å². The van der Waals surface area contributed by atoms with Crippen LogP contribution in [0.1, 0.15) is 39.0 Å². The SMILES string of the molecule is COc1cc(Cl)c(C)cc1NC(=O)COC(=O)c1cc2c(s1)CC[C@@H](C)C2. The van der Waals surface area contributed by atoms with Gasteiger partial charge >= 0.3 is 5.97 Å². The van der Waals surface area contributed by atoms with E-state index in [0.717, 1.165) is 24.8 Å². The number of benzene rings is 1. The molecule has 0 fully saturated rings. The van der Waals surface area contributed by atoms with Crippen molar-refractivity contribution < 1.29 is 19.1 Å². The third kappa shape index (κ3) is 4.62. The van der Waals surface area contributed by atoms with Crippen molar-refractivity contribution in [3.8, 4) is 5.75 Å². The number of carbonyl (C=O) groups excluding carboxylic acids is 2. The number of rotatable bonds is 5. The molecule has 1 aliphatic rings. The lowest BCUT2D eigenvalue weighted by Crippen LogP contribution is -2.21. The van der Waals surface area contributed by atoms with E-state index < -0.39 is 11.9 Å². The molecule has 0 aliphatic heterocycles. The molecular formula is C20H22ClNO4S. The maximum Gasteiger partial charge on any atom is 0.348 e. The maximum absolute atomic E-state index is 12.3. The number of carbonyl (C=O) groups is 2. The van der Waals surface area contributed by atoms with E-state index in [4.69, 9.17) is 21.1 Å². The highest BCUT2D eigenvalue weighted by molar-refractivity contribution is 7.14. The van der Waals surface area contributed by atoms with Gasteiger partial charge in [-0.05, 0) is 55.4 Å². The number of ether oxygens (including phenoxy) is 2. The molecule has 1 amide bonds. The fourth-order valence-electron chi connectivity index (χ4n) is 3.12. The van der Waals surface area contributed by atoms with E-state index in [9.17, 15) is 9.59 Å². The molecule has 1 aliphatic carbocycles. The van der Waals surface area contributed by atoms with E-state index in [-0.39, 0.29) is 6.61 Å². The third-order valence-electron chi connectivity index (χ3n) is 4.62. The van der Waals surface area contributed by atoms with Gasteiger partial charge in [0.1, 0.15) is 10.6 Å². The van der Waals surface area contributed by atoms with Crippen molar-refractivity contribution in [3.63, 3.8) is 0 Å². The summed E-state index contributed by atoms with van der Waals surface area (Å²) in [4.78, 5) is 26.3. The summed E-state index contributed by atoms with van der Waals surface area (Å²) in [6.45, 7) is 3.69. The highest BCUT2D eigenvalue weighted by Gasteiger charge is 2.22. The van der Waals surface area contributed by atoms with Crippen molar-refractivity contribution in [1.29, 1.82) is 0 Å². The van der Waals surface area contributed by atoms with E-state index in [0.29, 0.717) is 27.3 Å². The topological polar surface area (TPSA) is 64.6 Å². The maximum atomic E-state index is 12.3. The van der Waals surface area contributed by atoms with Crippen LogP contribution in [-0.4, -0.2) is 25.6 Å². The van der Waals surface area contributed by atoms with E-state index in [1.165, 1.54) is 28.9 Å². The van der Waals surface area contributed by atoms with Crippen molar-refractivity contribution in [2.75, 3.05) is 19.0 Å². The molecule has 7 heteroatoms. The fraction of sp³-hybridized carbons (Fsp3) is 0.400. The highest BCUT2D eigenvalue weighted by atomic mass is 35.5.